The fraction of sp³-hybridized carbons (Fsp3) is 0.269. The summed E-state index contributed by atoms with van der Waals surface area (Å²) in [5.41, 5.74) is 0.784. The number of aromatic nitrogens is 3. The Hall–Kier alpha value is -4.68. The number of carbonyl (C=O) groups is 2. The minimum Gasteiger partial charge on any atom is -0.471 e. The number of hydrogen-bond donors (Lipinski definition) is 3. The van der Waals surface area contributed by atoms with Crippen LogP contribution in [-0.4, -0.2) is 64.0 Å². The number of allylic oxidation sites excluding steroid dienone is 2. The van der Waals surface area contributed by atoms with E-state index in [4.69, 9.17) is 4.74 Å². The highest BCUT2D eigenvalue weighted by Gasteiger charge is 2.31. The van der Waals surface area contributed by atoms with E-state index in [2.05, 4.69) is 44.1 Å². The monoisotopic (exact) mass is 541 g/mol. The second kappa shape index (κ2) is 11.4. The Bertz CT molecular complexity index is 1430. The fourth-order valence-corrected chi connectivity index (χ4v) is 3.96. The standard InChI is InChI=1S/C26H26F3N7O3/c1-4-21(37)36-12-10-18(14-36)39-25-22-19(9-11-31-23(22)34-35-25)32-17-7-5-16(6-8-17)24(38)33-20(30-3)13-15(2)26(27,28)29/h5-9,11,13,18H,2-4,10,12,14H2,1H3,(H,33,38)(H2,31,32,34,35)/b20-13+/t18-/m1/s1. The molecule has 2 amide bonds. The predicted octanol–water partition coefficient (Wildman–Crippen LogP) is 4.48. The van der Waals surface area contributed by atoms with Gasteiger partial charge in [0, 0.05) is 36.8 Å². The van der Waals surface area contributed by atoms with E-state index in [-0.39, 0.29) is 23.4 Å². The predicted molar refractivity (Wildman–Crippen MR) is 140 cm³/mol. The van der Waals surface area contributed by atoms with E-state index in [0.29, 0.717) is 60.3 Å². The number of aromatic amines is 1. The number of likely N-dealkylation sites (tertiary alicyclic amines) is 1. The highest BCUT2D eigenvalue weighted by Crippen LogP contribution is 2.33. The van der Waals surface area contributed by atoms with Crippen LogP contribution < -0.4 is 15.4 Å². The molecule has 0 bridgehead atoms. The van der Waals surface area contributed by atoms with Gasteiger partial charge in [-0.15, -0.1) is 5.10 Å². The Labute approximate surface area is 221 Å². The van der Waals surface area contributed by atoms with Crippen LogP contribution in [0.5, 0.6) is 5.88 Å². The second-order valence-corrected chi connectivity index (χ2v) is 8.70. The van der Waals surface area contributed by atoms with Crippen LogP contribution in [0.25, 0.3) is 11.0 Å². The van der Waals surface area contributed by atoms with Crippen molar-refractivity contribution >= 4 is 40.9 Å². The normalized spacial score (nSPS) is 15.7. The molecule has 1 atom stereocenters. The molecule has 1 fully saturated rings. The van der Waals surface area contributed by atoms with Crippen molar-refractivity contribution in [2.24, 2.45) is 4.99 Å². The molecule has 3 N–H and O–H groups in total. The van der Waals surface area contributed by atoms with Crippen molar-refractivity contribution in [2.75, 3.05) is 18.4 Å². The van der Waals surface area contributed by atoms with Gasteiger partial charge in [-0.3, -0.25) is 14.7 Å². The molecule has 39 heavy (non-hydrogen) atoms. The number of anilines is 2. The highest BCUT2D eigenvalue weighted by molar-refractivity contribution is 5.97. The van der Waals surface area contributed by atoms with Gasteiger partial charge >= 0.3 is 6.18 Å². The number of ether oxygens (including phenoxy) is 1. The summed E-state index contributed by atoms with van der Waals surface area (Å²) >= 11 is 0. The van der Waals surface area contributed by atoms with Crippen LogP contribution in [0.1, 0.15) is 30.1 Å². The van der Waals surface area contributed by atoms with Gasteiger partial charge in [0.15, 0.2) is 5.65 Å². The number of aliphatic imine (C=N–C) groups is 1. The average Bonchev–Trinajstić information content (AvgIpc) is 3.55. The Morgan fingerprint density at radius 1 is 1.28 bits per heavy atom. The maximum atomic E-state index is 12.7. The molecule has 0 unspecified atom stereocenters. The molecule has 204 valence electrons. The number of fused-ring (bicyclic) bond motifs is 1. The molecule has 1 aliphatic rings. The van der Waals surface area contributed by atoms with Gasteiger partial charge in [-0.05, 0) is 43.1 Å². The molecule has 0 aliphatic carbocycles. The SMILES string of the molecule is C=N/C(=C\C(=C)C(F)(F)F)NC(=O)c1ccc(Nc2ccnc3[nH]nc(O[C@@H]4CCN(C(=O)CC)C4)c23)cc1. The quantitative estimate of drug-likeness (QED) is 0.271. The van der Waals surface area contributed by atoms with Crippen LogP contribution in [0.4, 0.5) is 24.5 Å². The van der Waals surface area contributed by atoms with Gasteiger partial charge in [0.05, 0.1) is 17.8 Å². The number of halogens is 3. The maximum Gasteiger partial charge on any atom is 0.415 e. The summed E-state index contributed by atoms with van der Waals surface area (Å²) < 4.78 is 44.3. The summed E-state index contributed by atoms with van der Waals surface area (Å²) in [6, 6.07) is 8.01. The summed E-state index contributed by atoms with van der Waals surface area (Å²) in [4.78, 5) is 34.0. The van der Waals surface area contributed by atoms with E-state index in [0.717, 1.165) is 0 Å². The molecule has 1 aromatic carbocycles. The lowest BCUT2D eigenvalue weighted by Crippen LogP contribution is -2.30. The van der Waals surface area contributed by atoms with Crippen molar-refractivity contribution in [1.82, 2.24) is 25.4 Å². The molecule has 13 heteroatoms. The molecular formula is C26H26F3N7O3. The lowest BCUT2D eigenvalue weighted by molar-refractivity contribution is -0.130. The van der Waals surface area contributed by atoms with E-state index in [1.165, 1.54) is 12.1 Å². The number of rotatable bonds is 9. The summed E-state index contributed by atoms with van der Waals surface area (Å²) in [6.07, 6.45) is -1.53. The molecule has 3 aromatic rings. The molecule has 1 aliphatic heterocycles. The number of hydrogen-bond acceptors (Lipinski definition) is 7. The minimum atomic E-state index is -4.65. The smallest absolute Gasteiger partial charge is 0.415 e. The lowest BCUT2D eigenvalue weighted by Gasteiger charge is -2.16. The Balaban J connectivity index is 1.46. The van der Waals surface area contributed by atoms with Crippen molar-refractivity contribution in [3.8, 4) is 5.88 Å². The Morgan fingerprint density at radius 2 is 2.03 bits per heavy atom. The van der Waals surface area contributed by atoms with Gasteiger partial charge in [0.2, 0.25) is 11.8 Å². The van der Waals surface area contributed by atoms with Crippen LogP contribution in [0, 0.1) is 0 Å². The topological polar surface area (TPSA) is 125 Å². The van der Waals surface area contributed by atoms with E-state index in [1.807, 2.05) is 6.92 Å². The molecule has 0 saturated carbocycles. The first-order valence-corrected chi connectivity index (χ1v) is 12.0. The Morgan fingerprint density at radius 3 is 2.69 bits per heavy atom. The third kappa shape index (κ3) is 6.43. The van der Waals surface area contributed by atoms with E-state index in [1.54, 1.807) is 29.3 Å². The number of nitrogens with zero attached hydrogens (tertiary/aromatic N) is 4. The van der Waals surface area contributed by atoms with E-state index >= 15 is 0 Å². The number of amides is 2. The van der Waals surface area contributed by atoms with Crippen LogP contribution in [-0.2, 0) is 4.79 Å². The third-order valence-corrected chi connectivity index (χ3v) is 6.02. The van der Waals surface area contributed by atoms with E-state index < -0.39 is 17.7 Å². The summed E-state index contributed by atoms with van der Waals surface area (Å²) in [5, 5.41) is 13.3. The molecule has 0 spiro atoms. The van der Waals surface area contributed by atoms with Gasteiger partial charge in [0.1, 0.15) is 17.3 Å². The molecule has 0 radical (unpaired) electrons. The van der Waals surface area contributed by atoms with Gasteiger partial charge in [0.25, 0.3) is 5.91 Å². The first-order valence-electron chi connectivity index (χ1n) is 12.0. The van der Waals surface area contributed by atoms with Gasteiger partial charge in [-0.2, -0.15) is 13.2 Å². The largest absolute Gasteiger partial charge is 0.471 e. The number of alkyl halides is 3. The molecule has 1 saturated heterocycles. The first kappa shape index (κ1) is 27.4. The molecule has 10 nitrogen and oxygen atoms in total. The van der Waals surface area contributed by atoms with Gasteiger partial charge in [-0.25, -0.2) is 9.98 Å². The van der Waals surface area contributed by atoms with Crippen molar-refractivity contribution in [2.45, 2.75) is 32.0 Å². The molecule has 2 aromatic heterocycles. The zero-order valence-electron chi connectivity index (χ0n) is 21.0. The lowest BCUT2D eigenvalue weighted by atomic mass is 10.2. The zero-order valence-corrected chi connectivity index (χ0v) is 21.0. The summed E-state index contributed by atoms with van der Waals surface area (Å²) in [6.45, 7) is 9.04. The van der Waals surface area contributed by atoms with Crippen LogP contribution >= 0.6 is 0 Å². The molecule has 3 heterocycles. The van der Waals surface area contributed by atoms with Crippen molar-refractivity contribution < 1.29 is 27.5 Å². The van der Waals surface area contributed by atoms with E-state index in [9.17, 15) is 22.8 Å². The summed E-state index contributed by atoms with van der Waals surface area (Å²) in [5.74, 6) is -0.613. The van der Waals surface area contributed by atoms with Crippen molar-refractivity contribution in [3.63, 3.8) is 0 Å². The minimum absolute atomic E-state index is 0.0777. The molecule has 4 rings (SSSR count). The number of nitrogens with one attached hydrogen (secondary N) is 3. The van der Waals surface area contributed by atoms with Crippen molar-refractivity contribution in [3.05, 3.63) is 66.1 Å². The van der Waals surface area contributed by atoms with Crippen LogP contribution in [0.2, 0.25) is 0 Å². The van der Waals surface area contributed by atoms with Gasteiger partial charge < -0.3 is 20.3 Å². The average molecular weight is 542 g/mol. The van der Waals surface area contributed by atoms with Crippen molar-refractivity contribution in [1.29, 1.82) is 0 Å². The molecular weight excluding hydrogens is 515 g/mol. The second-order valence-electron chi connectivity index (χ2n) is 8.70. The third-order valence-electron chi connectivity index (χ3n) is 6.02. The Kier molecular flexibility index (Phi) is 7.98. The van der Waals surface area contributed by atoms with Crippen LogP contribution in [0.3, 0.4) is 0 Å². The van der Waals surface area contributed by atoms with Gasteiger partial charge in [-0.1, -0.05) is 13.5 Å². The fourth-order valence-electron chi connectivity index (χ4n) is 3.96. The summed E-state index contributed by atoms with van der Waals surface area (Å²) in [7, 11) is 0. The number of benzene rings is 1. The number of H-pyrrole nitrogens is 1. The highest BCUT2D eigenvalue weighted by atomic mass is 19.4. The maximum absolute atomic E-state index is 12.7. The first-order chi connectivity index (χ1) is 18.6. The number of carbonyl (C=O) groups excluding carboxylic acids is 2. The number of pyridine rings is 1. The van der Waals surface area contributed by atoms with Crippen LogP contribution in [0.15, 0.2) is 65.6 Å². The zero-order chi connectivity index (χ0) is 28.2.